The second-order valence-corrected chi connectivity index (χ2v) is 8.34. The van der Waals surface area contributed by atoms with Gasteiger partial charge in [-0.25, -0.2) is 4.79 Å². The molecule has 2 N–H and O–H groups in total. The van der Waals surface area contributed by atoms with Crippen molar-refractivity contribution < 1.29 is 23.7 Å². The van der Waals surface area contributed by atoms with Crippen LogP contribution in [0.2, 0.25) is 0 Å². The molecule has 1 aliphatic heterocycles. The number of allylic oxidation sites excluding steroid dienone is 1. The molecule has 3 aromatic rings. The van der Waals surface area contributed by atoms with Crippen molar-refractivity contribution in [2.24, 2.45) is 5.73 Å². The van der Waals surface area contributed by atoms with E-state index in [1.807, 2.05) is 24.3 Å². The van der Waals surface area contributed by atoms with Gasteiger partial charge in [-0.05, 0) is 36.8 Å². The zero-order valence-corrected chi connectivity index (χ0v) is 20.3. The topological polar surface area (TPSA) is 104 Å². The smallest absolute Gasteiger partial charge is 0.343 e. The van der Waals surface area contributed by atoms with E-state index in [4.69, 9.17) is 24.7 Å². The van der Waals surface area contributed by atoms with Gasteiger partial charge in [-0.3, -0.25) is 0 Å². The molecule has 3 aromatic carbocycles. The highest BCUT2D eigenvalue weighted by atomic mass is 16.5. The zero-order valence-electron chi connectivity index (χ0n) is 20.3. The summed E-state index contributed by atoms with van der Waals surface area (Å²) in [6, 6.07) is 21.6. The van der Waals surface area contributed by atoms with Gasteiger partial charge in [-0.1, -0.05) is 50.1 Å². The minimum atomic E-state index is -0.534. The van der Waals surface area contributed by atoms with E-state index in [1.165, 1.54) is 7.11 Å². The second kappa shape index (κ2) is 11.3. The molecule has 0 saturated heterocycles. The highest BCUT2D eigenvalue weighted by molar-refractivity contribution is 5.91. The summed E-state index contributed by atoms with van der Waals surface area (Å²) in [5, 5.41) is 9.91. The van der Waals surface area contributed by atoms with Crippen LogP contribution in [-0.4, -0.2) is 19.7 Å². The Hall–Kier alpha value is -4.44. The number of fused-ring (bicyclic) bond motifs is 1. The predicted molar refractivity (Wildman–Crippen MR) is 135 cm³/mol. The highest BCUT2D eigenvalue weighted by Crippen LogP contribution is 2.46. The van der Waals surface area contributed by atoms with Crippen LogP contribution in [0.5, 0.6) is 23.0 Å². The molecule has 4 rings (SSSR count). The number of carbonyl (C=O) groups excluding carboxylic acids is 1. The molecule has 0 saturated carbocycles. The maximum absolute atomic E-state index is 12.7. The first kappa shape index (κ1) is 24.7. The first-order chi connectivity index (χ1) is 17.5. The lowest BCUT2D eigenvalue weighted by molar-refractivity contribution is 0.0734. The van der Waals surface area contributed by atoms with Crippen molar-refractivity contribution in [1.82, 2.24) is 0 Å². The second-order valence-electron chi connectivity index (χ2n) is 8.34. The number of ether oxygens (including phenoxy) is 4. The number of benzene rings is 3. The highest BCUT2D eigenvalue weighted by Gasteiger charge is 2.33. The number of para-hydroxylation sites is 1. The number of unbranched alkanes of at least 4 members (excludes halogenated alkanes) is 2. The Morgan fingerprint density at radius 3 is 2.64 bits per heavy atom. The maximum atomic E-state index is 12.7. The number of nitrogens with zero attached hydrogens (tertiary/aromatic N) is 1. The molecule has 0 spiro atoms. The summed E-state index contributed by atoms with van der Waals surface area (Å²) in [6.45, 7) is 2.73. The molecule has 36 heavy (non-hydrogen) atoms. The fraction of sp³-hybridized carbons (Fsp3) is 0.241. The number of nitriles is 1. The van der Waals surface area contributed by atoms with Gasteiger partial charge in [0.25, 0.3) is 0 Å². The van der Waals surface area contributed by atoms with Crippen molar-refractivity contribution in [3.05, 3.63) is 94.9 Å². The van der Waals surface area contributed by atoms with E-state index in [9.17, 15) is 10.1 Å². The molecule has 0 aliphatic carbocycles. The van der Waals surface area contributed by atoms with E-state index in [0.717, 1.165) is 30.4 Å². The van der Waals surface area contributed by atoms with Crippen LogP contribution < -0.4 is 24.7 Å². The Bertz CT molecular complexity index is 1330. The summed E-state index contributed by atoms with van der Waals surface area (Å²) >= 11 is 0. The summed E-state index contributed by atoms with van der Waals surface area (Å²) in [5.74, 6) is 0.939. The number of hydrogen-bond acceptors (Lipinski definition) is 7. The number of esters is 1. The third-order valence-electron chi connectivity index (χ3n) is 5.94. The number of carbonyl (C=O) groups is 1. The third-order valence-corrected chi connectivity index (χ3v) is 5.94. The van der Waals surface area contributed by atoms with Gasteiger partial charge in [0.2, 0.25) is 5.88 Å². The summed E-state index contributed by atoms with van der Waals surface area (Å²) in [7, 11) is 1.53. The van der Waals surface area contributed by atoms with E-state index < -0.39 is 11.9 Å². The molecule has 0 radical (unpaired) electrons. The Morgan fingerprint density at radius 2 is 1.86 bits per heavy atom. The molecule has 7 heteroatoms. The van der Waals surface area contributed by atoms with Gasteiger partial charge >= 0.3 is 5.97 Å². The molecule has 184 valence electrons. The van der Waals surface area contributed by atoms with Crippen molar-refractivity contribution >= 4 is 5.97 Å². The molecule has 1 aliphatic rings. The summed E-state index contributed by atoms with van der Waals surface area (Å²) in [5.41, 5.74) is 8.37. The Labute approximate surface area is 210 Å². The zero-order chi connectivity index (χ0) is 25.5. The van der Waals surface area contributed by atoms with Gasteiger partial charge < -0.3 is 24.7 Å². The van der Waals surface area contributed by atoms with Crippen LogP contribution in [0.4, 0.5) is 0 Å². The molecular formula is C29H28N2O5. The molecule has 7 nitrogen and oxygen atoms in total. The molecule has 1 heterocycles. The van der Waals surface area contributed by atoms with Crippen molar-refractivity contribution in [3.63, 3.8) is 0 Å². The Balaban J connectivity index is 1.65. The SMILES string of the molecule is CCCCCOc1ccccc1C1C(C#N)=C(N)Oc2cc(OC(=O)c3cccc(OC)c3)ccc21. The first-order valence-corrected chi connectivity index (χ1v) is 11.8. The van der Waals surface area contributed by atoms with Crippen LogP contribution >= 0.6 is 0 Å². The van der Waals surface area contributed by atoms with Crippen LogP contribution in [0.3, 0.4) is 0 Å². The minimum absolute atomic E-state index is 0.00654. The normalized spacial score (nSPS) is 14.3. The number of nitrogens with two attached hydrogens (primary N) is 1. The summed E-state index contributed by atoms with van der Waals surface area (Å²) in [6.07, 6.45) is 3.12. The van der Waals surface area contributed by atoms with Crippen LogP contribution in [0.15, 0.2) is 78.2 Å². The van der Waals surface area contributed by atoms with Crippen molar-refractivity contribution in [2.75, 3.05) is 13.7 Å². The van der Waals surface area contributed by atoms with Crippen LogP contribution in [0, 0.1) is 11.3 Å². The average Bonchev–Trinajstić information content (AvgIpc) is 2.90. The number of rotatable bonds is 9. The van der Waals surface area contributed by atoms with E-state index in [1.54, 1.807) is 42.5 Å². The predicted octanol–water partition coefficient (Wildman–Crippen LogP) is 5.70. The van der Waals surface area contributed by atoms with Gasteiger partial charge in [-0.2, -0.15) is 5.26 Å². The molecule has 1 unspecified atom stereocenters. The van der Waals surface area contributed by atoms with Gasteiger partial charge in [0.1, 0.15) is 34.6 Å². The lowest BCUT2D eigenvalue weighted by atomic mass is 9.83. The standard InChI is InChI=1S/C29H28N2O5/c1-3-4-7-15-34-25-12-6-5-11-22(25)27-23-14-13-21(17-26(23)36-28(31)24(27)18-30)35-29(32)19-9-8-10-20(16-19)33-2/h5-6,8-14,16-17,27H,3-4,7,15,31H2,1-2H3. The van der Waals surface area contributed by atoms with Gasteiger partial charge in [0, 0.05) is 17.2 Å². The first-order valence-electron chi connectivity index (χ1n) is 11.8. The van der Waals surface area contributed by atoms with E-state index in [0.29, 0.717) is 35.0 Å². The van der Waals surface area contributed by atoms with E-state index in [-0.39, 0.29) is 11.6 Å². The van der Waals surface area contributed by atoms with Crippen LogP contribution in [0.25, 0.3) is 0 Å². The van der Waals surface area contributed by atoms with Gasteiger partial charge in [0.05, 0.1) is 25.2 Å². The summed E-state index contributed by atoms with van der Waals surface area (Å²) in [4.78, 5) is 12.7. The van der Waals surface area contributed by atoms with E-state index in [2.05, 4.69) is 13.0 Å². The monoisotopic (exact) mass is 484 g/mol. The molecule has 0 bridgehead atoms. The Morgan fingerprint density at radius 1 is 1.03 bits per heavy atom. The number of methoxy groups -OCH3 is 1. The largest absolute Gasteiger partial charge is 0.497 e. The van der Waals surface area contributed by atoms with Crippen molar-refractivity contribution in [2.45, 2.75) is 32.1 Å². The third kappa shape index (κ3) is 5.28. The Kier molecular flexibility index (Phi) is 7.76. The molecular weight excluding hydrogens is 456 g/mol. The molecule has 0 aromatic heterocycles. The fourth-order valence-electron chi connectivity index (χ4n) is 4.12. The fourth-order valence-corrected chi connectivity index (χ4v) is 4.12. The van der Waals surface area contributed by atoms with Crippen molar-refractivity contribution in [1.29, 1.82) is 5.26 Å². The van der Waals surface area contributed by atoms with E-state index >= 15 is 0 Å². The summed E-state index contributed by atoms with van der Waals surface area (Å²) < 4.78 is 22.6. The minimum Gasteiger partial charge on any atom is -0.497 e. The quantitative estimate of drug-likeness (QED) is 0.236. The van der Waals surface area contributed by atoms with Crippen LogP contribution in [-0.2, 0) is 0 Å². The number of hydrogen-bond donors (Lipinski definition) is 1. The average molecular weight is 485 g/mol. The van der Waals surface area contributed by atoms with Gasteiger partial charge in [0.15, 0.2) is 0 Å². The molecule has 0 amide bonds. The lowest BCUT2D eigenvalue weighted by Gasteiger charge is -2.28. The molecule has 1 atom stereocenters. The van der Waals surface area contributed by atoms with Crippen molar-refractivity contribution in [3.8, 4) is 29.1 Å². The lowest BCUT2D eigenvalue weighted by Crippen LogP contribution is -2.21. The van der Waals surface area contributed by atoms with Gasteiger partial charge in [-0.15, -0.1) is 0 Å². The maximum Gasteiger partial charge on any atom is 0.343 e. The molecule has 0 fully saturated rings. The van der Waals surface area contributed by atoms with Crippen LogP contribution in [0.1, 0.15) is 53.6 Å².